The molecule has 3 rings (SSSR count). The number of benzene rings is 1. The minimum absolute atomic E-state index is 0.0449. The lowest BCUT2D eigenvalue weighted by atomic mass is 9.77. The zero-order valence-corrected chi connectivity index (χ0v) is 16.5. The second kappa shape index (κ2) is 9.34. The van der Waals surface area contributed by atoms with Gasteiger partial charge >= 0.3 is 6.18 Å². The van der Waals surface area contributed by atoms with Crippen LogP contribution in [-0.4, -0.2) is 40.4 Å². The maximum atomic E-state index is 13.1. The largest absolute Gasteiger partial charge is 0.401 e. The first kappa shape index (κ1) is 22.6. The molecule has 0 atom stereocenters. The van der Waals surface area contributed by atoms with E-state index in [0.29, 0.717) is 37.2 Å². The smallest absolute Gasteiger partial charge is 0.345 e. The minimum atomic E-state index is -4.29. The number of nitrogens with zero attached hydrogens (tertiary/aromatic N) is 2. The molecule has 166 valence electrons. The Labute approximate surface area is 176 Å². The maximum Gasteiger partial charge on any atom is 0.401 e. The molecule has 0 bridgehead atoms. The van der Waals surface area contributed by atoms with E-state index in [4.69, 9.17) is 0 Å². The Balaban J connectivity index is 1.65. The van der Waals surface area contributed by atoms with Crippen molar-refractivity contribution in [3.05, 3.63) is 41.8 Å². The molecule has 1 saturated carbocycles. The number of hydrogen-bond acceptors (Lipinski definition) is 5. The van der Waals surface area contributed by atoms with Crippen LogP contribution in [0.1, 0.15) is 42.5 Å². The third-order valence-electron chi connectivity index (χ3n) is 5.33. The number of anilines is 2. The van der Waals surface area contributed by atoms with Crippen molar-refractivity contribution in [1.29, 1.82) is 5.26 Å². The van der Waals surface area contributed by atoms with Gasteiger partial charge in [0.05, 0.1) is 30.8 Å². The molecule has 0 aliphatic heterocycles. The van der Waals surface area contributed by atoms with Crippen molar-refractivity contribution in [2.45, 2.75) is 49.9 Å². The highest BCUT2D eigenvalue weighted by molar-refractivity contribution is 5.99. The zero-order valence-electron chi connectivity index (χ0n) is 16.5. The van der Waals surface area contributed by atoms with Crippen molar-refractivity contribution in [2.75, 3.05) is 11.9 Å². The van der Waals surface area contributed by atoms with Gasteiger partial charge in [-0.3, -0.25) is 9.89 Å². The summed E-state index contributed by atoms with van der Waals surface area (Å²) in [6, 6.07) is 7.29. The SMILES string of the molecule is N#CCC1(NC(=O)c2cn[nH]c2Nc2ccc(F)cc2)CCC(NCC(F)(F)F)CC1. The topological polar surface area (TPSA) is 106 Å². The number of aromatic nitrogens is 2. The summed E-state index contributed by atoms with van der Waals surface area (Å²) in [6.45, 7) is -1.07. The van der Waals surface area contributed by atoms with Gasteiger partial charge in [0.15, 0.2) is 0 Å². The Morgan fingerprint density at radius 1 is 1.26 bits per heavy atom. The molecule has 1 aliphatic carbocycles. The fourth-order valence-corrected chi connectivity index (χ4v) is 3.67. The quantitative estimate of drug-likeness (QED) is 0.493. The highest BCUT2D eigenvalue weighted by Gasteiger charge is 2.38. The molecule has 0 radical (unpaired) electrons. The van der Waals surface area contributed by atoms with E-state index >= 15 is 0 Å². The summed E-state index contributed by atoms with van der Waals surface area (Å²) in [6.07, 6.45) is -1.35. The second-order valence-corrected chi connectivity index (χ2v) is 7.63. The first-order chi connectivity index (χ1) is 14.7. The Hall–Kier alpha value is -3.13. The Morgan fingerprint density at radius 3 is 2.55 bits per heavy atom. The van der Waals surface area contributed by atoms with Gasteiger partial charge in [-0.05, 0) is 49.9 Å². The summed E-state index contributed by atoms with van der Waals surface area (Å²) in [4.78, 5) is 12.9. The third-order valence-corrected chi connectivity index (χ3v) is 5.33. The Bertz CT molecular complexity index is 926. The molecule has 1 amide bonds. The van der Waals surface area contributed by atoms with Crippen LogP contribution < -0.4 is 16.0 Å². The fourth-order valence-electron chi connectivity index (χ4n) is 3.67. The second-order valence-electron chi connectivity index (χ2n) is 7.63. The molecule has 1 fully saturated rings. The number of nitriles is 1. The van der Waals surface area contributed by atoms with E-state index in [2.05, 4.69) is 32.2 Å². The van der Waals surface area contributed by atoms with E-state index in [1.54, 1.807) is 0 Å². The highest BCUT2D eigenvalue weighted by Crippen LogP contribution is 2.32. The average Bonchev–Trinajstić information content (AvgIpc) is 3.17. The number of nitrogens with one attached hydrogen (secondary N) is 4. The van der Waals surface area contributed by atoms with Gasteiger partial charge in [-0.1, -0.05) is 0 Å². The number of hydrogen-bond donors (Lipinski definition) is 4. The van der Waals surface area contributed by atoms with Crippen LogP contribution in [0.25, 0.3) is 0 Å². The normalized spacial score (nSPS) is 21.3. The van der Waals surface area contributed by atoms with Crippen molar-refractivity contribution in [3.8, 4) is 6.07 Å². The summed E-state index contributed by atoms with van der Waals surface area (Å²) in [5.74, 6) is -0.557. The molecule has 1 aliphatic rings. The Morgan fingerprint density at radius 2 is 1.94 bits per heavy atom. The van der Waals surface area contributed by atoms with Gasteiger partial charge in [0, 0.05) is 11.7 Å². The van der Waals surface area contributed by atoms with E-state index in [-0.39, 0.29) is 18.0 Å². The number of H-pyrrole nitrogens is 1. The van der Waals surface area contributed by atoms with Crippen molar-refractivity contribution in [2.24, 2.45) is 0 Å². The van der Waals surface area contributed by atoms with Crippen LogP contribution in [0.4, 0.5) is 29.1 Å². The van der Waals surface area contributed by atoms with Gasteiger partial charge in [-0.15, -0.1) is 0 Å². The molecule has 7 nitrogen and oxygen atoms in total. The molecule has 2 aromatic rings. The minimum Gasteiger partial charge on any atom is -0.345 e. The predicted octanol–water partition coefficient (Wildman–Crippen LogP) is 3.77. The summed E-state index contributed by atoms with van der Waals surface area (Å²) in [5.41, 5.74) is -0.0752. The van der Waals surface area contributed by atoms with Crippen LogP contribution in [0.2, 0.25) is 0 Å². The van der Waals surface area contributed by atoms with Crippen molar-refractivity contribution in [3.63, 3.8) is 0 Å². The zero-order chi connectivity index (χ0) is 22.5. The van der Waals surface area contributed by atoms with Gasteiger partial charge in [-0.2, -0.15) is 23.5 Å². The third kappa shape index (κ3) is 6.18. The lowest BCUT2D eigenvalue weighted by molar-refractivity contribution is -0.126. The van der Waals surface area contributed by atoms with Crippen LogP contribution in [0.5, 0.6) is 0 Å². The number of carbonyl (C=O) groups excluding carboxylic acids is 1. The Kier molecular flexibility index (Phi) is 6.80. The molecule has 0 saturated heterocycles. The van der Waals surface area contributed by atoms with Crippen LogP contribution in [0.15, 0.2) is 30.5 Å². The average molecular weight is 438 g/mol. The van der Waals surface area contributed by atoms with Gasteiger partial charge in [-0.25, -0.2) is 4.39 Å². The lowest BCUT2D eigenvalue weighted by Crippen LogP contribution is -2.53. The monoisotopic (exact) mass is 438 g/mol. The number of alkyl halides is 3. The molecule has 31 heavy (non-hydrogen) atoms. The number of carbonyl (C=O) groups is 1. The van der Waals surface area contributed by atoms with Crippen LogP contribution >= 0.6 is 0 Å². The van der Waals surface area contributed by atoms with Crippen LogP contribution in [-0.2, 0) is 0 Å². The highest BCUT2D eigenvalue weighted by atomic mass is 19.4. The van der Waals surface area contributed by atoms with Gasteiger partial charge < -0.3 is 16.0 Å². The molecule has 1 heterocycles. The lowest BCUT2D eigenvalue weighted by Gasteiger charge is -2.39. The molecule has 11 heteroatoms. The van der Waals surface area contributed by atoms with Crippen molar-refractivity contribution < 1.29 is 22.4 Å². The first-order valence-electron chi connectivity index (χ1n) is 9.75. The van der Waals surface area contributed by atoms with E-state index in [0.717, 1.165) is 0 Å². The molecule has 0 unspecified atom stereocenters. The first-order valence-corrected chi connectivity index (χ1v) is 9.75. The molecule has 4 N–H and O–H groups in total. The molecular formula is C20H22F4N6O. The van der Waals surface area contributed by atoms with E-state index in [1.165, 1.54) is 30.5 Å². The van der Waals surface area contributed by atoms with Crippen molar-refractivity contribution in [1.82, 2.24) is 20.8 Å². The van der Waals surface area contributed by atoms with E-state index < -0.39 is 30.0 Å². The molecular weight excluding hydrogens is 416 g/mol. The van der Waals surface area contributed by atoms with Crippen LogP contribution in [0.3, 0.4) is 0 Å². The van der Waals surface area contributed by atoms with Gasteiger partial charge in [0.2, 0.25) is 0 Å². The number of halogens is 4. The number of amides is 1. The molecule has 0 spiro atoms. The standard InChI is InChI=1S/C20H22F4N6O/c21-13-1-3-15(4-2-13)28-17-16(11-27-30-17)18(31)29-19(9-10-25)7-5-14(6-8-19)26-12-20(22,23)24/h1-4,11,14,26H,5-9,12H2,(H,29,31)(H2,27,28,30). The fraction of sp³-hybridized carbons (Fsp3) is 0.450. The maximum absolute atomic E-state index is 13.1. The number of rotatable bonds is 7. The van der Waals surface area contributed by atoms with E-state index in [9.17, 15) is 27.6 Å². The molecule has 1 aromatic heterocycles. The van der Waals surface area contributed by atoms with E-state index in [1.807, 2.05) is 0 Å². The molecule has 1 aromatic carbocycles. The van der Waals surface area contributed by atoms with Gasteiger partial charge in [0.1, 0.15) is 17.2 Å². The predicted molar refractivity (Wildman–Crippen MR) is 105 cm³/mol. The van der Waals surface area contributed by atoms with Crippen LogP contribution in [0, 0.1) is 17.1 Å². The summed E-state index contributed by atoms with van der Waals surface area (Å²) >= 11 is 0. The summed E-state index contributed by atoms with van der Waals surface area (Å²) in [7, 11) is 0. The number of aromatic amines is 1. The van der Waals surface area contributed by atoms with Gasteiger partial charge in [0.25, 0.3) is 5.91 Å². The summed E-state index contributed by atoms with van der Waals surface area (Å²) in [5, 5.41) is 24.1. The summed E-state index contributed by atoms with van der Waals surface area (Å²) < 4.78 is 50.4. The van der Waals surface area contributed by atoms with Crippen molar-refractivity contribution >= 4 is 17.4 Å².